The molecule has 0 saturated carbocycles. The number of amides is 1. The largest absolute Gasteiger partial charge is 0.388 e. The van der Waals surface area contributed by atoms with E-state index in [9.17, 15) is 9.90 Å². The zero-order valence-electron chi connectivity index (χ0n) is 12.7. The van der Waals surface area contributed by atoms with Gasteiger partial charge >= 0.3 is 0 Å². The Bertz CT molecular complexity index is 835. The van der Waals surface area contributed by atoms with Crippen LogP contribution in [0.2, 0.25) is 0 Å². The summed E-state index contributed by atoms with van der Waals surface area (Å²) in [6, 6.07) is 17.6. The molecule has 4 rings (SSSR count). The van der Waals surface area contributed by atoms with E-state index >= 15 is 0 Å². The molecular weight excluding hydrogens is 288 g/mol. The number of para-hydroxylation sites is 1. The van der Waals surface area contributed by atoms with Crippen LogP contribution in [-0.2, 0) is 6.54 Å². The average molecular weight is 306 g/mol. The third-order valence-electron chi connectivity index (χ3n) is 4.50. The highest BCUT2D eigenvalue weighted by Crippen LogP contribution is 2.27. The molecule has 0 spiro atoms. The fraction of sp³-hybridized carbons (Fsp3) is 0.211. The molecule has 2 heterocycles. The van der Waals surface area contributed by atoms with Crippen LogP contribution in [0.3, 0.4) is 0 Å². The molecule has 1 unspecified atom stereocenters. The number of rotatable bonds is 1. The maximum absolute atomic E-state index is 12.9. The van der Waals surface area contributed by atoms with Gasteiger partial charge in [0.2, 0.25) is 0 Å². The number of benzene rings is 2. The van der Waals surface area contributed by atoms with Crippen molar-refractivity contribution in [3.05, 3.63) is 71.4 Å². The molecule has 2 aromatic carbocycles. The zero-order chi connectivity index (χ0) is 15.8. The molecule has 116 valence electrons. The lowest BCUT2D eigenvalue weighted by molar-refractivity contribution is 0.0718. The summed E-state index contributed by atoms with van der Waals surface area (Å²) in [5, 5.41) is 11.3. The molecule has 2 N–H and O–H groups in total. The van der Waals surface area contributed by atoms with Gasteiger partial charge in [0.15, 0.2) is 0 Å². The van der Waals surface area contributed by atoms with E-state index in [0.29, 0.717) is 25.2 Å². The Hall–Kier alpha value is -2.59. The molecule has 1 aliphatic rings. The van der Waals surface area contributed by atoms with Gasteiger partial charge in [0, 0.05) is 24.0 Å². The number of nitrogens with zero attached hydrogens (tertiary/aromatic N) is 1. The maximum atomic E-state index is 12.9. The Morgan fingerprint density at radius 1 is 1.13 bits per heavy atom. The molecule has 1 aromatic heterocycles. The Morgan fingerprint density at radius 2 is 1.91 bits per heavy atom. The third-order valence-corrected chi connectivity index (χ3v) is 4.50. The number of hydrogen-bond donors (Lipinski definition) is 2. The summed E-state index contributed by atoms with van der Waals surface area (Å²) in [6.45, 7) is 1.07. The number of nitrogens with one attached hydrogen (secondary N) is 1. The molecule has 1 atom stereocenters. The normalized spacial score (nSPS) is 17.8. The molecule has 0 aliphatic carbocycles. The van der Waals surface area contributed by atoms with Crippen LogP contribution in [0.15, 0.2) is 54.6 Å². The van der Waals surface area contributed by atoms with Crippen LogP contribution in [0.1, 0.15) is 34.1 Å². The van der Waals surface area contributed by atoms with Gasteiger partial charge in [-0.3, -0.25) is 4.79 Å². The van der Waals surface area contributed by atoms with Crippen LogP contribution in [0.25, 0.3) is 10.9 Å². The molecule has 1 amide bonds. The van der Waals surface area contributed by atoms with E-state index in [1.807, 2.05) is 54.6 Å². The summed E-state index contributed by atoms with van der Waals surface area (Å²) in [5.74, 6) is -0.0231. The van der Waals surface area contributed by atoms with Crippen LogP contribution < -0.4 is 0 Å². The van der Waals surface area contributed by atoms with Crippen molar-refractivity contribution >= 4 is 16.8 Å². The second-order valence-electron chi connectivity index (χ2n) is 6.00. The number of aromatic amines is 1. The fourth-order valence-corrected chi connectivity index (χ4v) is 3.25. The van der Waals surface area contributed by atoms with Crippen molar-refractivity contribution in [2.45, 2.75) is 19.1 Å². The van der Waals surface area contributed by atoms with Crippen molar-refractivity contribution in [3.63, 3.8) is 0 Å². The number of carbonyl (C=O) groups excluding carboxylic acids is 1. The number of H-pyrrole nitrogens is 1. The van der Waals surface area contributed by atoms with Gasteiger partial charge in [0.1, 0.15) is 5.69 Å². The van der Waals surface area contributed by atoms with Crippen LogP contribution >= 0.6 is 0 Å². The van der Waals surface area contributed by atoms with E-state index < -0.39 is 6.10 Å². The van der Waals surface area contributed by atoms with E-state index in [1.165, 1.54) is 0 Å². The Kier molecular flexibility index (Phi) is 3.39. The monoisotopic (exact) mass is 306 g/mol. The van der Waals surface area contributed by atoms with Gasteiger partial charge in [-0.15, -0.1) is 0 Å². The third kappa shape index (κ3) is 2.51. The topological polar surface area (TPSA) is 56.3 Å². The Morgan fingerprint density at radius 3 is 2.78 bits per heavy atom. The number of carbonyl (C=O) groups is 1. The van der Waals surface area contributed by atoms with Gasteiger partial charge in [0.05, 0.1) is 6.10 Å². The number of aromatic nitrogens is 1. The minimum atomic E-state index is -0.508. The summed E-state index contributed by atoms with van der Waals surface area (Å²) in [4.78, 5) is 17.9. The summed E-state index contributed by atoms with van der Waals surface area (Å²) in [5.41, 5.74) is 3.51. The first-order valence-electron chi connectivity index (χ1n) is 7.85. The second-order valence-corrected chi connectivity index (χ2v) is 6.00. The van der Waals surface area contributed by atoms with Gasteiger partial charge in [-0.1, -0.05) is 42.5 Å². The minimum absolute atomic E-state index is 0.0231. The van der Waals surface area contributed by atoms with Crippen molar-refractivity contribution in [3.8, 4) is 0 Å². The summed E-state index contributed by atoms with van der Waals surface area (Å²) >= 11 is 0. The predicted octanol–water partition coefficient (Wildman–Crippen LogP) is 3.25. The Balaban J connectivity index is 1.66. The summed E-state index contributed by atoms with van der Waals surface area (Å²) in [6.07, 6.45) is 0.0508. The van der Waals surface area contributed by atoms with Gasteiger partial charge in [-0.25, -0.2) is 0 Å². The average Bonchev–Trinajstić information content (AvgIpc) is 2.94. The molecular formula is C19H18N2O2. The van der Waals surface area contributed by atoms with Crippen molar-refractivity contribution in [2.75, 3.05) is 6.54 Å². The minimum Gasteiger partial charge on any atom is -0.388 e. The molecule has 4 nitrogen and oxygen atoms in total. The number of fused-ring (bicyclic) bond motifs is 2. The van der Waals surface area contributed by atoms with E-state index in [0.717, 1.165) is 22.0 Å². The quantitative estimate of drug-likeness (QED) is 0.725. The molecule has 3 aromatic rings. The standard InChI is InChI=1S/C19H18N2O2/c22-18-9-10-21(12-14-6-1-3-7-15(14)18)19(23)17-11-13-5-2-4-8-16(13)20-17/h1-8,11,18,20,22H,9-10,12H2. The predicted molar refractivity (Wildman–Crippen MR) is 89.1 cm³/mol. The van der Waals surface area contributed by atoms with Crippen LogP contribution in [0.5, 0.6) is 0 Å². The lowest BCUT2D eigenvalue weighted by atomic mass is 10.0. The number of aliphatic hydroxyl groups is 1. The van der Waals surface area contributed by atoms with Gasteiger partial charge < -0.3 is 15.0 Å². The van der Waals surface area contributed by atoms with Gasteiger partial charge in [0.25, 0.3) is 5.91 Å². The molecule has 0 bridgehead atoms. The van der Waals surface area contributed by atoms with Crippen molar-refractivity contribution in [2.24, 2.45) is 0 Å². The first-order chi connectivity index (χ1) is 11.2. The SMILES string of the molecule is O=C(c1cc2ccccc2[nH]1)N1CCC(O)c2ccccc2C1. The summed E-state index contributed by atoms with van der Waals surface area (Å²) in [7, 11) is 0. The van der Waals surface area contributed by atoms with Gasteiger partial charge in [-0.05, 0) is 29.7 Å². The van der Waals surface area contributed by atoms with Crippen molar-refractivity contribution in [1.29, 1.82) is 0 Å². The molecule has 23 heavy (non-hydrogen) atoms. The van der Waals surface area contributed by atoms with E-state index in [-0.39, 0.29) is 5.91 Å². The fourth-order valence-electron chi connectivity index (χ4n) is 3.25. The van der Waals surface area contributed by atoms with E-state index in [4.69, 9.17) is 0 Å². The van der Waals surface area contributed by atoms with E-state index in [1.54, 1.807) is 4.90 Å². The number of aliphatic hydroxyl groups excluding tert-OH is 1. The van der Waals surface area contributed by atoms with Crippen LogP contribution in [0, 0.1) is 0 Å². The highest BCUT2D eigenvalue weighted by atomic mass is 16.3. The molecule has 4 heteroatoms. The lowest BCUT2D eigenvalue weighted by Crippen LogP contribution is -2.31. The number of hydrogen-bond acceptors (Lipinski definition) is 2. The van der Waals surface area contributed by atoms with Crippen molar-refractivity contribution < 1.29 is 9.90 Å². The first kappa shape index (κ1) is 14.0. The smallest absolute Gasteiger partial charge is 0.270 e. The maximum Gasteiger partial charge on any atom is 0.270 e. The lowest BCUT2D eigenvalue weighted by Gasteiger charge is -2.20. The molecule has 0 radical (unpaired) electrons. The van der Waals surface area contributed by atoms with Gasteiger partial charge in [-0.2, -0.15) is 0 Å². The molecule has 0 saturated heterocycles. The summed E-state index contributed by atoms with van der Waals surface area (Å²) < 4.78 is 0. The first-order valence-corrected chi connectivity index (χ1v) is 7.85. The second kappa shape index (κ2) is 5.56. The molecule has 0 fully saturated rings. The highest BCUT2D eigenvalue weighted by Gasteiger charge is 2.25. The van der Waals surface area contributed by atoms with Crippen LogP contribution in [-0.4, -0.2) is 27.4 Å². The van der Waals surface area contributed by atoms with Crippen LogP contribution in [0.4, 0.5) is 0 Å². The molecule has 1 aliphatic heterocycles. The highest BCUT2D eigenvalue weighted by molar-refractivity contribution is 5.98. The van der Waals surface area contributed by atoms with Crippen molar-refractivity contribution in [1.82, 2.24) is 9.88 Å². The van der Waals surface area contributed by atoms with E-state index in [2.05, 4.69) is 4.98 Å². The zero-order valence-corrected chi connectivity index (χ0v) is 12.7. The Labute approximate surface area is 134 Å².